The Labute approximate surface area is 144 Å². The number of carbonyl (C=O) groups excluding carboxylic acids is 1. The first kappa shape index (κ1) is 14.8. The predicted molar refractivity (Wildman–Crippen MR) is 101 cm³/mol. The molecular formula is C18H17IN2O2. The number of hydrogen-bond donors (Lipinski definition) is 2. The van der Waals surface area contributed by atoms with Gasteiger partial charge in [0.05, 0.1) is 5.70 Å². The van der Waals surface area contributed by atoms with Gasteiger partial charge in [0, 0.05) is 29.7 Å². The molecule has 1 fully saturated rings. The van der Waals surface area contributed by atoms with Crippen molar-refractivity contribution in [3.63, 3.8) is 0 Å². The summed E-state index contributed by atoms with van der Waals surface area (Å²) < 4.78 is 4.45. The monoisotopic (exact) mass is 420 g/mol. The maximum absolute atomic E-state index is 11.7. The lowest BCUT2D eigenvalue weighted by Gasteiger charge is -2.25. The number of fused-ring (bicyclic) bond motifs is 2. The van der Waals surface area contributed by atoms with Crippen LogP contribution in [-0.2, 0) is 5.60 Å². The van der Waals surface area contributed by atoms with Crippen LogP contribution in [0, 0.1) is 0 Å². The lowest BCUT2D eigenvalue weighted by Crippen LogP contribution is -2.26. The van der Waals surface area contributed by atoms with Gasteiger partial charge in [-0.2, -0.15) is 0 Å². The first-order valence-corrected chi connectivity index (χ1v) is 10.0. The van der Waals surface area contributed by atoms with Gasteiger partial charge in [-0.25, -0.2) is 0 Å². The van der Waals surface area contributed by atoms with Crippen LogP contribution in [0.5, 0.6) is 0 Å². The smallest absolute Gasteiger partial charge is 0.251 e. The van der Waals surface area contributed by atoms with Crippen LogP contribution >= 0.6 is 20.7 Å². The van der Waals surface area contributed by atoms with Crippen LogP contribution in [0.2, 0.25) is 0 Å². The summed E-state index contributed by atoms with van der Waals surface area (Å²) in [4.78, 5) is 13.9. The molecule has 2 aliphatic rings. The zero-order valence-corrected chi connectivity index (χ0v) is 14.9. The fraction of sp³-hybridized carbons (Fsp3) is 0.222. The highest BCUT2D eigenvalue weighted by atomic mass is 127. The van der Waals surface area contributed by atoms with Crippen LogP contribution in [-0.4, -0.2) is 33.6 Å². The van der Waals surface area contributed by atoms with Gasteiger partial charge < -0.3 is 15.3 Å². The second kappa shape index (κ2) is 5.42. The Hall–Kier alpha value is -1.73. The summed E-state index contributed by atoms with van der Waals surface area (Å²) in [6.07, 6.45) is 0.723. The highest BCUT2D eigenvalue weighted by molar-refractivity contribution is 14.2. The van der Waals surface area contributed by atoms with Crippen molar-refractivity contribution in [2.75, 3.05) is 13.6 Å². The number of amides is 1. The van der Waals surface area contributed by atoms with E-state index in [2.05, 4.69) is 18.4 Å². The van der Waals surface area contributed by atoms with Crippen molar-refractivity contribution >= 4 is 41.5 Å². The van der Waals surface area contributed by atoms with Crippen molar-refractivity contribution in [2.45, 2.75) is 12.0 Å². The molecule has 118 valence electrons. The van der Waals surface area contributed by atoms with E-state index in [9.17, 15) is 9.90 Å². The molecule has 2 aliphatic heterocycles. The lowest BCUT2D eigenvalue weighted by atomic mass is 9.89. The molecule has 0 aromatic heterocycles. The van der Waals surface area contributed by atoms with Gasteiger partial charge in [-0.05, 0) is 38.6 Å². The number of carbonyl (C=O) groups is 1. The zero-order valence-electron chi connectivity index (χ0n) is 12.7. The molecule has 23 heavy (non-hydrogen) atoms. The molecule has 1 amide bonds. The van der Waals surface area contributed by atoms with E-state index in [1.165, 1.54) is 0 Å². The van der Waals surface area contributed by atoms with Gasteiger partial charge in [-0.1, -0.05) is 38.9 Å². The molecule has 4 nitrogen and oxygen atoms in total. The molecule has 2 heterocycles. The molecule has 0 unspecified atom stereocenters. The van der Waals surface area contributed by atoms with E-state index >= 15 is 0 Å². The summed E-state index contributed by atoms with van der Waals surface area (Å²) in [7, 11) is 1.63. The van der Waals surface area contributed by atoms with E-state index in [1.54, 1.807) is 7.05 Å². The summed E-state index contributed by atoms with van der Waals surface area (Å²) in [5, 5.41) is 15.9. The van der Waals surface area contributed by atoms with Gasteiger partial charge in [0.25, 0.3) is 5.91 Å². The maximum Gasteiger partial charge on any atom is 0.251 e. The number of rotatable bonds is 2. The summed E-state index contributed by atoms with van der Waals surface area (Å²) in [5.41, 5.74) is 1.76. The Bertz CT molecular complexity index is 874. The topological polar surface area (TPSA) is 52.6 Å². The van der Waals surface area contributed by atoms with Gasteiger partial charge in [-0.3, -0.25) is 4.79 Å². The van der Waals surface area contributed by atoms with Gasteiger partial charge in [-0.15, -0.1) is 0 Å². The maximum atomic E-state index is 11.7. The SMILES string of the molecule is CNC(=O)c1ccc2cc([C@@]3(O)CCN4C=IC=C43)ccc2c1. The summed E-state index contributed by atoms with van der Waals surface area (Å²) in [6.45, 7) is 0.885. The number of aliphatic hydroxyl groups is 1. The van der Waals surface area contributed by atoms with Gasteiger partial charge in [0.1, 0.15) is 5.60 Å². The minimum atomic E-state index is -0.875. The van der Waals surface area contributed by atoms with E-state index in [0.29, 0.717) is 5.56 Å². The minimum Gasteiger partial charge on any atom is -0.379 e. The molecule has 0 bridgehead atoms. The number of nitrogens with one attached hydrogen (secondary N) is 1. The van der Waals surface area contributed by atoms with Crippen LogP contribution in [0.3, 0.4) is 0 Å². The van der Waals surface area contributed by atoms with Crippen molar-refractivity contribution in [3.8, 4) is 0 Å². The van der Waals surface area contributed by atoms with Crippen molar-refractivity contribution in [1.82, 2.24) is 10.2 Å². The molecule has 5 heteroatoms. The van der Waals surface area contributed by atoms with Crippen LogP contribution in [0.1, 0.15) is 22.3 Å². The van der Waals surface area contributed by atoms with Crippen LogP contribution in [0.15, 0.2) is 46.2 Å². The molecule has 2 N–H and O–H groups in total. The van der Waals surface area contributed by atoms with Crippen molar-refractivity contribution in [2.24, 2.45) is 0 Å². The Morgan fingerprint density at radius 3 is 2.87 bits per heavy atom. The molecule has 0 aliphatic carbocycles. The first-order valence-electron chi connectivity index (χ1n) is 7.53. The Morgan fingerprint density at radius 1 is 1.26 bits per heavy atom. The molecule has 1 saturated heterocycles. The van der Waals surface area contributed by atoms with Crippen LogP contribution in [0.25, 0.3) is 10.8 Å². The number of hydrogen-bond acceptors (Lipinski definition) is 3. The largest absolute Gasteiger partial charge is 0.379 e. The third-order valence-corrected chi connectivity index (χ3v) is 6.54. The average molecular weight is 420 g/mol. The van der Waals surface area contributed by atoms with Crippen molar-refractivity contribution < 1.29 is 9.90 Å². The molecular weight excluding hydrogens is 403 g/mol. The van der Waals surface area contributed by atoms with E-state index < -0.39 is 5.60 Å². The lowest BCUT2D eigenvalue weighted by molar-refractivity contribution is 0.0830. The van der Waals surface area contributed by atoms with Gasteiger partial charge in [0.2, 0.25) is 0 Å². The Balaban J connectivity index is 1.77. The van der Waals surface area contributed by atoms with E-state index in [4.69, 9.17) is 0 Å². The van der Waals surface area contributed by atoms with Crippen LogP contribution < -0.4 is 5.32 Å². The molecule has 2 aromatic rings. The van der Waals surface area contributed by atoms with E-state index in [1.807, 2.05) is 36.4 Å². The number of halogens is 1. The predicted octanol–water partition coefficient (Wildman–Crippen LogP) is 2.68. The molecule has 2 aromatic carbocycles. The number of benzene rings is 2. The fourth-order valence-electron chi connectivity index (χ4n) is 3.26. The Morgan fingerprint density at radius 2 is 2.04 bits per heavy atom. The normalized spacial score (nSPS) is 22.7. The van der Waals surface area contributed by atoms with Gasteiger partial charge in [0.15, 0.2) is 0 Å². The molecule has 4 rings (SSSR count). The third kappa shape index (κ3) is 2.30. The first-order chi connectivity index (χ1) is 11.1. The highest BCUT2D eigenvalue weighted by Gasteiger charge is 2.43. The highest BCUT2D eigenvalue weighted by Crippen LogP contribution is 2.44. The molecule has 0 radical (unpaired) electrons. The average Bonchev–Trinajstić information content (AvgIpc) is 3.18. The number of nitrogens with zero attached hydrogens (tertiary/aromatic N) is 1. The minimum absolute atomic E-state index is 0.0597. The second-order valence-electron chi connectivity index (χ2n) is 5.88. The zero-order chi connectivity index (χ0) is 16.0. The summed E-state index contributed by atoms with van der Waals surface area (Å²) in [5.74, 6) is -0.0865. The van der Waals surface area contributed by atoms with Crippen LogP contribution in [0.4, 0.5) is 0 Å². The molecule has 1 atom stereocenters. The summed E-state index contributed by atoms with van der Waals surface area (Å²) in [6, 6.07) is 11.7. The Kier molecular flexibility index (Phi) is 3.50. The standard InChI is InChI=1S/C18H17IN2O2/c1-20-17(22)14-3-2-13-9-15(5-4-12(13)8-14)18(23)6-7-21-11-19-10-16(18)21/h2-5,8-11,23H,6-7H2,1H3,(H,20,22)/t18-/m0/s1. The van der Waals surface area contributed by atoms with Gasteiger partial charge >= 0.3 is 0 Å². The van der Waals surface area contributed by atoms with Crippen molar-refractivity contribution in [3.05, 3.63) is 57.3 Å². The third-order valence-electron chi connectivity index (χ3n) is 4.60. The fourth-order valence-corrected chi connectivity index (χ4v) is 5.60. The van der Waals surface area contributed by atoms with Crippen molar-refractivity contribution in [1.29, 1.82) is 0 Å². The second-order valence-corrected chi connectivity index (χ2v) is 7.78. The van der Waals surface area contributed by atoms with E-state index in [0.717, 1.165) is 35.0 Å². The molecule has 0 spiro atoms. The summed E-state index contributed by atoms with van der Waals surface area (Å²) >= 11 is -0.0597. The molecule has 0 saturated carbocycles. The van der Waals surface area contributed by atoms with E-state index in [-0.39, 0.29) is 26.6 Å². The quantitative estimate of drug-likeness (QED) is 0.735.